The third-order valence-electron chi connectivity index (χ3n) is 3.86. The van der Waals surface area contributed by atoms with E-state index in [4.69, 9.17) is 11.6 Å². The Hall–Kier alpha value is -3.38. The average Bonchev–Trinajstić information content (AvgIpc) is 2.67. The Morgan fingerprint density at radius 1 is 0.964 bits per heavy atom. The van der Waals surface area contributed by atoms with Crippen molar-refractivity contribution in [3.63, 3.8) is 0 Å². The normalized spacial score (nSPS) is 10.2. The molecule has 0 unspecified atom stereocenters. The summed E-state index contributed by atoms with van der Waals surface area (Å²) in [5, 5.41) is 9.35. The van der Waals surface area contributed by atoms with Crippen LogP contribution in [0.1, 0.15) is 23.0 Å². The van der Waals surface area contributed by atoms with Crippen LogP contribution >= 0.6 is 11.6 Å². The van der Waals surface area contributed by atoms with Gasteiger partial charge in [0.15, 0.2) is 0 Å². The summed E-state index contributed by atoms with van der Waals surface area (Å²) < 4.78 is 0. The highest BCUT2D eigenvalue weighted by molar-refractivity contribution is 6.31. The largest absolute Gasteiger partial charge is 0.355 e. The van der Waals surface area contributed by atoms with Gasteiger partial charge in [-0.2, -0.15) is 0 Å². The number of aromatic nitrogens is 1. The lowest BCUT2D eigenvalue weighted by atomic mass is 10.2. The number of nitrogens with zero attached hydrogens (tertiary/aromatic N) is 1. The van der Waals surface area contributed by atoms with Crippen LogP contribution in [0.4, 0.5) is 17.1 Å². The molecule has 3 rings (SSSR count). The Morgan fingerprint density at radius 2 is 1.71 bits per heavy atom. The van der Waals surface area contributed by atoms with Gasteiger partial charge in [0.2, 0.25) is 5.91 Å². The highest BCUT2D eigenvalue weighted by Gasteiger charge is 2.09. The number of halogens is 1. The number of hydrogen-bond acceptors (Lipinski definition) is 4. The maximum absolute atomic E-state index is 12.4. The van der Waals surface area contributed by atoms with E-state index in [1.54, 1.807) is 36.5 Å². The van der Waals surface area contributed by atoms with Crippen molar-refractivity contribution in [3.8, 4) is 0 Å². The van der Waals surface area contributed by atoms with Crippen LogP contribution in [-0.2, 0) is 11.3 Å². The van der Waals surface area contributed by atoms with Gasteiger partial charge < -0.3 is 16.0 Å². The summed E-state index contributed by atoms with van der Waals surface area (Å²) in [4.78, 5) is 27.7. The minimum atomic E-state index is -0.296. The third-order valence-corrected chi connectivity index (χ3v) is 4.23. The molecule has 0 saturated heterocycles. The van der Waals surface area contributed by atoms with Gasteiger partial charge in [-0.3, -0.25) is 14.6 Å². The Kier molecular flexibility index (Phi) is 6.24. The second-order valence-corrected chi connectivity index (χ2v) is 6.50. The lowest BCUT2D eigenvalue weighted by Crippen LogP contribution is -2.24. The molecule has 0 atom stereocenters. The Labute approximate surface area is 168 Å². The molecule has 142 valence electrons. The molecule has 0 saturated carbocycles. The second-order valence-electron chi connectivity index (χ2n) is 6.09. The molecule has 0 radical (unpaired) electrons. The van der Waals surface area contributed by atoms with E-state index in [2.05, 4.69) is 20.9 Å². The van der Waals surface area contributed by atoms with E-state index in [1.807, 2.05) is 30.3 Å². The molecule has 7 heteroatoms. The first kappa shape index (κ1) is 19.4. The van der Waals surface area contributed by atoms with Gasteiger partial charge in [-0.05, 0) is 42.0 Å². The molecule has 1 aromatic heterocycles. The number of carbonyl (C=O) groups excluding carboxylic acids is 2. The van der Waals surface area contributed by atoms with Crippen molar-refractivity contribution in [2.24, 2.45) is 0 Å². The van der Waals surface area contributed by atoms with Crippen LogP contribution in [0, 0.1) is 0 Å². The van der Waals surface area contributed by atoms with Crippen molar-refractivity contribution < 1.29 is 9.59 Å². The zero-order valence-corrected chi connectivity index (χ0v) is 16.0. The molecule has 0 spiro atoms. The summed E-state index contributed by atoms with van der Waals surface area (Å²) in [5.41, 5.74) is 3.29. The Morgan fingerprint density at radius 3 is 2.50 bits per heavy atom. The Bertz CT molecular complexity index is 1010. The fourth-order valence-corrected chi connectivity index (χ4v) is 2.79. The van der Waals surface area contributed by atoms with Gasteiger partial charge in [-0.25, -0.2) is 0 Å². The summed E-state index contributed by atoms with van der Waals surface area (Å²) in [5.74, 6) is -0.436. The molecule has 28 heavy (non-hydrogen) atoms. The molecule has 2 amide bonds. The summed E-state index contributed by atoms with van der Waals surface area (Å²) in [6, 6.07) is 18.1. The summed E-state index contributed by atoms with van der Waals surface area (Å²) >= 11 is 6.11. The molecule has 6 nitrogen and oxygen atoms in total. The van der Waals surface area contributed by atoms with Gasteiger partial charge in [-0.15, -0.1) is 0 Å². The number of carbonyl (C=O) groups is 2. The van der Waals surface area contributed by atoms with Crippen molar-refractivity contribution in [1.82, 2.24) is 10.3 Å². The fraction of sp³-hybridized carbons (Fsp3) is 0.0952. The molecule has 2 aromatic carbocycles. The van der Waals surface area contributed by atoms with Gasteiger partial charge in [0.25, 0.3) is 5.91 Å². The van der Waals surface area contributed by atoms with Gasteiger partial charge >= 0.3 is 0 Å². The molecule has 0 aliphatic rings. The molecular weight excluding hydrogens is 376 g/mol. The van der Waals surface area contributed by atoms with Crippen LogP contribution in [0.25, 0.3) is 0 Å². The number of nitrogens with one attached hydrogen (secondary N) is 3. The fourth-order valence-electron chi connectivity index (χ4n) is 2.58. The quantitative estimate of drug-likeness (QED) is 0.579. The van der Waals surface area contributed by atoms with Gasteiger partial charge in [0.1, 0.15) is 5.69 Å². The van der Waals surface area contributed by atoms with Crippen LogP contribution in [0.5, 0.6) is 0 Å². The van der Waals surface area contributed by atoms with E-state index < -0.39 is 0 Å². The molecule has 3 aromatic rings. The van der Waals surface area contributed by atoms with E-state index in [-0.39, 0.29) is 17.5 Å². The monoisotopic (exact) mass is 394 g/mol. The highest BCUT2D eigenvalue weighted by Crippen LogP contribution is 2.20. The van der Waals surface area contributed by atoms with Crippen LogP contribution in [-0.4, -0.2) is 16.8 Å². The van der Waals surface area contributed by atoms with E-state index in [9.17, 15) is 9.59 Å². The molecule has 0 aliphatic carbocycles. The van der Waals surface area contributed by atoms with Crippen LogP contribution in [0.3, 0.4) is 0 Å². The van der Waals surface area contributed by atoms with Crippen molar-refractivity contribution >= 4 is 40.5 Å². The van der Waals surface area contributed by atoms with E-state index in [0.717, 1.165) is 11.3 Å². The third kappa shape index (κ3) is 5.31. The molecule has 1 heterocycles. The topological polar surface area (TPSA) is 83.1 Å². The number of pyridine rings is 1. The molecule has 0 fully saturated rings. The zero-order chi connectivity index (χ0) is 19.9. The molecule has 3 N–H and O–H groups in total. The number of rotatable bonds is 6. The van der Waals surface area contributed by atoms with Crippen LogP contribution in [0.2, 0.25) is 5.02 Å². The predicted octanol–water partition coefficient (Wildman–Crippen LogP) is 4.37. The van der Waals surface area contributed by atoms with Crippen molar-refractivity contribution in [2.45, 2.75) is 13.5 Å². The first-order chi connectivity index (χ1) is 13.5. The van der Waals surface area contributed by atoms with Crippen molar-refractivity contribution in [2.75, 3.05) is 10.6 Å². The molecule has 0 bridgehead atoms. The smallest absolute Gasteiger partial charge is 0.270 e. The second kappa shape index (κ2) is 9.01. The first-order valence-electron chi connectivity index (χ1n) is 8.63. The standard InChI is InChI=1S/C21H19ClN4O2/c1-14(27)25-16-6-4-7-17(11-16)26-18-9-10-23-20(12-18)21(28)24-13-15-5-2-3-8-19(15)22/h2-12H,13H2,1H3,(H,23,26)(H,24,28)(H,25,27). The lowest BCUT2D eigenvalue weighted by molar-refractivity contribution is -0.114. The number of benzene rings is 2. The summed E-state index contributed by atoms with van der Waals surface area (Å²) in [7, 11) is 0. The SMILES string of the molecule is CC(=O)Nc1cccc(Nc2ccnc(C(=O)NCc3ccccc3Cl)c2)c1. The zero-order valence-electron chi connectivity index (χ0n) is 15.2. The average molecular weight is 395 g/mol. The van der Waals surface area contributed by atoms with E-state index in [1.165, 1.54) is 6.92 Å². The van der Waals surface area contributed by atoms with Crippen molar-refractivity contribution in [1.29, 1.82) is 0 Å². The maximum Gasteiger partial charge on any atom is 0.270 e. The van der Waals surface area contributed by atoms with Crippen LogP contribution < -0.4 is 16.0 Å². The summed E-state index contributed by atoms with van der Waals surface area (Å²) in [6.45, 7) is 1.77. The minimum Gasteiger partial charge on any atom is -0.355 e. The van der Waals surface area contributed by atoms with E-state index >= 15 is 0 Å². The molecular formula is C21H19ClN4O2. The number of hydrogen-bond donors (Lipinski definition) is 3. The first-order valence-corrected chi connectivity index (χ1v) is 9.01. The van der Waals surface area contributed by atoms with Gasteiger partial charge in [-0.1, -0.05) is 35.9 Å². The van der Waals surface area contributed by atoms with E-state index in [0.29, 0.717) is 22.9 Å². The summed E-state index contributed by atoms with van der Waals surface area (Å²) in [6.07, 6.45) is 1.56. The highest BCUT2D eigenvalue weighted by atomic mass is 35.5. The predicted molar refractivity (Wildman–Crippen MR) is 111 cm³/mol. The van der Waals surface area contributed by atoms with Gasteiger partial charge in [0, 0.05) is 41.8 Å². The Balaban J connectivity index is 1.67. The van der Waals surface area contributed by atoms with Gasteiger partial charge in [0.05, 0.1) is 0 Å². The molecule has 0 aliphatic heterocycles. The maximum atomic E-state index is 12.4. The number of anilines is 3. The van der Waals surface area contributed by atoms with Crippen LogP contribution in [0.15, 0.2) is 66.9 Å². The minimum absolute atomic E-state index is 0.140. The number of amides is 2. The van der Waals surface area contributed by atoms with Crippen molar-refractivity contribution in [3.05, 3.63) is 83.1 Å². The lowest BCUT2D eigenvalue weighted by Gasteiger charge is -2.10.